The molecule has 0 spiro atoms. The minimum absolute atomic E-state index is 0.0707. The Morgan fingerprint density at radius 2 is 2.08 bits per heavy atom. The molecule has 1 aromatic heterocycles. The van der Waals surface area contributed by atoms with Crippen LogP contribution in [-0.4, -0.2) is 46.2 Å². The highest BCUT2D eigenvalue weighted by Gasteiger charge is 2.23. The molecule has 0 saturated carbocycles. The molecule has 3 rings (SSSR count). The molecule has 1 N–H and O–H groups in total. The summed E-state index contributed by atoms with van der Waals surface area (Å²) in [4.78, 5) is 18.2. The first-order valence-corrected chi connectivity index (χ1v) is 8.54. The van der Waals surface area contributed by atoms with Crippen LogP contribution < -0.4 is 10.1 Å². The molecule has 0 radical (unpaired) electrons. The van der Waals surface area contributed by atoms with Crippen LogP contribution in [0, 0.1) is 5.82 Å². The number of rotatable bonds is 5. The predicted molar refractivity (Wildman–Crippen MR) is 92.0 cm³/mol. The number of halogens is 1. The van der Waals surface area contributed by atoms with Crippen LogP contribution in [0.2, 0.25) is 0 Å². The summed E-state index contributed by atoms with van der Waals surface area (Å²) in [5, 5.41) is 2.90. The van der Waals surface area contributed by atoms with Gasteiger partial charge in [-0.25, -0.2) is 14.2 Å². The Bertz CT molecular complexity index is 667. The lowest BCUT2D eigenvalue weighted by Gasteiger charge is -2.32. The number of urea groups is 1. The molecule has 1 aromatic carbocycles. The van der Waals surface area contributed by atoms with Crippen molar-refractivity contribution in [3.63, 3.8) is 0 Å². The molecule has 1 saturated heterocycles. The first-order valence-electron chi connectivity index (χ1n) is 8.54. The van der Waals surface area contributed by atoms with Gasteiger partial charge in [-0.05, 0) is 44.0 Å². The van der Waals surface area contributed by atoms with Crippen LogP contribution in [0.1, 0.15) is 25.8 Å². The van der Waals surface area contributed by atoms with E-state index in [1.54, 1.807) is 18.3 Å². The molecule has 1 aliphatic rings. The Hall–Kier alpha value is -2.57. The molecule has 6 nitrogen and oxygen atoms in total. The molecule has 0 unspecified atom stereocenters. The van der Waals surface area contributed by atoms with E-state index in [4.69, 9.17) is 4.74 Å². The van der Waals surface area contributed by atoms with Crippen molar-refractivity contribution in [3.8, 4) is 5.75 Å². The highest BCUT2D eigenvalue weighted by molar-refractivity contribution is 5.74. The summed E-state index contributed by atoms with van der Waals surface area (Å²) < 4.78 is 20.6. The molecule has 1 atom stereocenters. The molecule has 2 heterocycles. The molecule has 0 aliphatic carbocycles. The van der Waals surface area contributed by atoms with Crippen LogP contribution in [0.3, 0.4) is 0 Å². The summed E-state index contributed by atoms with van der Waals surface area (Å²) in [5.74, 6) is 0.289. The van der Waals surface area contributed by atoms with Gasteiger partial charge in [-0.1, -0.05) is 0 Å². The summed E-state index contributed by atoms with van der Waals surface area (Å²) in [7, 11) is 0. The van der Waals surface area contributed by atoms with Crippen molar-refractivity contribution in [2.24, 2.45) is 0 Å². The zero-order chi connectivity index (χ0) is 17.6. The summed E-state index contributed by atoms with van der Waals surface area (Å²) in [6.07, 6.45) is 7.22. The fraction of sp³-hybridized carbons (Fsp3) is 0.444. The van der Waals surface area contributed by atoms with Gasteiger partial charge in [0.15, 0.2) is 0 Å². The van der Waals surface area contributed by atoms with Gasteiger partial charge >= 0.3 is 6.03 Å². The highest BCUT2D eigenvalue weighted by Crippen LogP contribution is 2.22. The fourth-order valence-corrected chi connectivity index (χ4v) is 2.98. The number of carbonyl (C=O) groups is 1. The maximum atomic E-state index is 12.9. The third-order valence-corrected chi connectivity index (χ3v) is 4.39. The van der Waals surface area contributed by atoms with Crippen LogP contribution in [0.25, 0.3) is 0 Å². The standard InChI is InChI=1S/C18H23FN4O2/c1-14(25-17-4-2-15(19)3-5-17)12-21-18(24)22-9-6-16(7-10-22)23-11-8-20-13-23/h2-5,8,11,13-14,16H,6-7,9-10,12H2,1H3,(H,21,24)/t14-/m1/s1. The van der Waals surface area contributed by atoms with E-state index in [9.17, 15) is 9.18 Å². The van der Waals surface area contributed by atoms with Crippen LogP contribution >= 0.6 is 0 Å². The lowest BCUT2D eigenvalue weighted by atomic mass is 10.1. The predicted octanol–water partition coefficient (Wildman–Crippen LogP) is 2.84. The molecule has 7 heteroatoms. The van der Waals surface area contributed by atoms with Crippen LogP contribution in [0.4, 0.5) is 9.18 Å². The average Bonchev–Trinajstić information content (AvgIpc) is 3.16. The number of aromatic nitrogens is 2. The Morgan fingerprint density at radius 1 is 1.36 bits per heavy atom. The minimum atomic E-state index is -0.299. The smallest absolute Gasteiger partial charge is 0.317 e. The Balaban J connectivity index is 1.40. The van der Waals surface area contributed by atoms with Crippen molar-refractivity contribution >= 4 is 6.03 Å². The van der Waals surface area contributed by atoms with Gasteiger partial charge in [0.25, 0.3) is 0 Å². The van der Waals surface area contributed by atoms with E-state index in [1.165, 1.54) is 12.1 Å². The van der Waals surface area contributed by atoms with E-state index in [2.05, 4.69) is 14.9 Å². The largest absolute Gasteiger partial charge is 0.489 e. The topological polar surface area (TPSA) is 59.4 Å². The number of amides is 2. The number of likely N-dealkylation sites (tertiary alicyclic amines) is 1. The van der Waals surface area contributed by atoms with Crippen LogP contribution in [0.15, 0.2) is 43.0 Å². The van der Waals surface area contributed by atoms with Crippen molar-refractivity contribution < 1.29 is 13.9 Å². The lowest BCUT2D eigenvalue weighted by Crippen LogP contribution is -2.46. The fourth-order valence-electron chi connectivity index (χ4n) is 2.98. The number of piperidine rings is 1. The summed E-state index contributed by atoms with van der Waals surface area (Å²) in [6, 6.07) is 6.20. The van der Waals surface area contributed by atoms with E-state index in [1.807, 2.05) is 24.3 Å². The maximum Gasteiger partial charge on any atom is 0.317 e. The number of hydrogen-bond donors (Lipinski definition) is 1. The maximum absolute atomic E-state index is 12.9. The van der Waals surface area contributed by atoms with Gasteiger partial charge in [0, 0.05) is 31.5 Å². The number of nitrogens with zero attached hydrogens (tertiary/aromatic N) is 3. The minimum Gasteiger partial charge on any atom is -0.489 e. The SMILES string of the molecule is C[C@H](CNC(=O)N1CCC(n2ccnc2)CC1)Oc1ccc(F)cc1. The van der Waals surface area contributed by atoms with Crippen molar-refractivity contribution in [1.29, 1.82) is 0 Å². The van der Waals surface area contributed by atoms with E-state index in [-0.39, 0.29) is 18.0 Å². The number of ether oxygens (including phenoxy) is 1. The first kappa shape index (κ1) is 17.3. The van der Waals surface area contributed by atoms with Crippen molar-refractivity contribution in [1.82, 2.24) is 19.8 Å². The van der Waals surface area contributed by atoms with Crippen LogP contribution in [-0.2, 0) is 0 Å². The van der Waals surface area contributed by atoms with E-state index < -0.39 is 0 Å². The molecule has 134 valence electrons. The van der Waals surface area contributed by atoms with E-state index >= 15 is 0 Å². The number of carbonyl (C=O) groups excluding carboxylic acids is 1. The summed E-state index contributed by atoms with van der Waals surface area (Å²) in [6.45, 7) is 3.72. The zero-order valence-electron chi connectivity index (χ0n) is 14.3. The highest BCUT2D eigenvalue weighted by atomic mass is 19.1. The second-order valence-electron chi connectivity index (χ2n) is 6.30. The van der Waals surface area contributed by atoms with Gasteiger partial charge in [-0.15, -0.1) is 0 Å². The monoisotopic (exact) mass is 346 g/mol. The number of nitrogens with one attached hydrogen (secondary N) is 1. The van der Waals surface area contributed by atoms with Gasteiger partial charge in [0.2, 0.25) is 0 Å². The second kappa shape index (κ2) is 8.00. The number of hydrogen-bond acceptors (Lipinski definition) is 3. The molecule has 2 aromatic rings. The van der Waals surface area contributed by atoms with Crippen molar-refractivity contribution in [2.75, 3.05) is 19.6 Å². The summed E-state index contributed by atoms with van der Waals surface area (Å²) >= 11 is 0. The van der Waals surface area contributed by atoms with Crippen molar-refractivity contribution in [3.05, 3.63) is 48.8 Å². The van der Waals surface area contributed by atoms with Gasteiger partial charge in [-0.2, -0.15) is 0 Å². The zero-order valence-corrected chi connectivity index (χ0v) is 14.3. The molecular formula is C18H23FN4O2. The van der Waals surface area contributed by atoms with E-state index in [0.29, 0.717) is 18.3 Å². The first-order chi connectivity index (χ1) is 12.1. The molecule has 25 heavy (non-hydrogen) atoms. The Labute approximate surface area is 146 Å². The van der Waals surface area contributed by atoms with E-state index in [0.717, 1.165) is 25.9 Å². The van der Waals surface area contributed by atoms with Gasteiger partial charge < -0.3 is 19.5 Å². The number of benzene rings is 1. The third-order valence-electron chi connectivity index (χ3n) is 4.39. The Kier molecular flexibility index (Phi) is 5.53. The normalized spacial score (nSPS) is 16.5. The van der Waals surface area contributed by atoms with Gasteiger partial charge in [0.1, 0.15) is 17.7 Å². The Morgan fingerprint density at radius 3 is 2.72 bits per heavy atom. The van der Waals surface area contributed by atoms with Crippen LogP contribution in [0.5, 0.6) is 5.75 Å². The third kappa shape index (κ3) is 4.71. The lowest BCUT2D eigenvalue weighted by molar-refractivity contribution is 0.162. The second-order valence-corrected chi connectivity index (χ2v) is 6.30. The molecule has 2 amide bonds. The summed E-state index contributed by atoms with van der Waals surface area (Å²) in [5.41, 5.74) is 0. The number of imidazole rings is 1. The van der Waals surface area contributed by atoms with Gasteiger partial charge in [-0.3, -0.25) is 0 Å². The molecule has 1 aliphatic heterocycles. The molecular weight excluding hydrogens is 323 g/mol. The van der Waals surface area contributed by atoms with Gasteiger partial charge in [0.05, 0.1) is 12.9 Å². The van der Waals surface area contributed by atoms with Crippen molar-refractivity contribution in [2.45, 2.75) is 31.9 Å². The molecule has 1 fully saturated rings. The quantitative estimate of drug-likeness (QED) is 0.906. The molecule has 0 bridgehead atoms. The average molecular weight is 346 g/mol.